The highest BCUT2D eigenvalue weighted by Gasteiger charge is 2.53. The molecule has 234 valence electrons. The molecule has 4 N–H and O–H groups in total. The highest BCUT2D eigenvalue weighted by Crippen LogP contribution is 2.46. The number of aliphatic carboxylic acids is 1. The fourth-order valence-electron chi connectivity index (χ4n) is 5.11. The topological polar surface area (TPSA) is 141 Å². The Morgan fingerprint density at radius 1 is 1.21 bits per heavy atom. The molecule has 0 spiro atoms. The van der Waals surface area contributed by atoms with Crippen molar-refractivity contribution in [2.24, 2.45) is 11.8 Å². The number of alkyl halides is 6. The number of methoxy groups -OCH3 is 1. The Labute approximate surface area is 237 Å². The zero-order valence-electron chi connectivity index (χ0n) is 22.9. The molecule has 42 heavy (non-hydrogen) atoms. The highest BCUT2D eigenvalue weighted by atomic mass is 19.4. The number of halogens is 6. The van der Waals surface area contributed by atoms with Crippen LogP contribution in [0.3, 0.4) is 0 Å². The van der Waals surface area contributed by atoms with Gasteiger partial charge in [-0.2, -0.15) is 26.3 Å². The Hall–Kier alpha value is -3.56. The van der Waals surface area contributed by atoms with Crippen LogP contribution in [0.15, 0.2) is 24.3 Å². The number of amides is 2. The minimum atomic E-state index is -5.08. The fraction of sp³-hybridized carbons (Fsp3) is 0.615. The molecule has 10 nitrogen and oxygen atoms in total. The Bertz CT molecular complexity index is 1170. The average Bonchev–Trinajstić information content (AvgIpc) is 3.65. The number of carbonyl (C=O) groups excluding carboxylic acids is 2. The quantitative estimate of drug-likeness (QED) is 0.345. The molecule has 0 radical (unpaired) electrons. The molecule has 1 unspecified atom stereocenters. The number of ether oxygens (including phenoxy) is 2. The van der Waals surface area contributed by atoms with Crippen molar-refractivity contribution < 1.29 is 55.3 Å². The van der Waals surface area contributed by atoms with Gasteiger partial charge >= 0.3 is 18.3 Å². The fourth-order valence-corrected chi connectivity index (χ4v) is 5.11. The molecule has 1 aliphatic carbocycles. The van der Waals surface area contributed by atoms with Gasteiger partial charge < -0.3 is 25.2 Å². The lowest BCUT2D eigenvalue weighted by Crippen LogP contribution is -2.63. The third kappa shape index (κ3) is 8.04. The van der Waals surface area contributed by atoms with E-state index in [2.05, 4.69) is 10.6 Å². The number of nitrogens with zero attached hydrogens (tertiary/aromatic N) is 1. The van der Waals surface area contributed by atoms with E-state index in [1.807, 2.05) is 13.8 Å². The zero-order chi connectivity index (χ0) is 31.6. The van der Waals surface area contributed by atoms with E-state index in [-0.39, 0.29) is 35.9 Å². The van der Waals surface area contributed by atoms with E-state index in [0.717, 1.165) is 0 Å². The molecule has 3 aliphatic rings. The number of rotatable bonds is 7. The second kappa shape index (κ2) is 12.4. The van der Waals surface area contributed by atoms with Gasteiger partial charge in [-0.05, 0) is 38.7 Å². The Balaban J connectivity index is 0.000000616. The van der Waals surface area contributed by atoms with Crippen molar-refractivity contribution in [2.45, 2.75) is 75.6 Å². The van der Waals surface area contributed by atoms with Gasteiger partial charge in [0.05, 0.1) is 6.04 Å². The van der Waals surface area contributed by atoms with E-state index in [4.69, 9.17) is 24.8 Å². The van der Waals surface area contributed by atoms with Gasteiger partial charge in [-0.3, -0.25) is 19.9 Å². The van der Waals surface area contributed by atoms with Crippen molar-refractivity contribution in [1.29, 1.82) is 5.41 Å². The number of carbonyl (C=O) groups is 3. The van der Waals surface area contributed by atoms with Gasteiger partial charge in [-0.25, -0.2) is 4.79 Å². The minimum absolute atomic E-state index is 0.00946. The smallest absolute Gasteiger partial charge is 0.480 e. The predicted octanol–water partition coefficient (Wildman–Crippen LogP) is 3.77. The molecule has 2 aliphatic heterocycles. The van der Waals surface area contributed by atoms with Gasteiger partial charge in [0.1, 0.15) is 5.75 Å². The van der Waals surface area contributed by atoms with Crippen molar-refractivity contribution in [3.63, 3.8) is 0 Å². The van der Waals surface area contributed by atoms with E-state index < -0.39 is 54.4 Å². The number of hydrogen-bond donors (Lipinski definition) is 4. The third-order valence-corrected chi connectivity index (χ3v) is 7.12. The van der Waals surface area contributed by atoms with E-state index in [0.29, 0.717) is 25.0 Å². The summed E-state index contributed by atoms with van der Waals surface area (Å²) < 4.78 is 82.4. The number of carboxylic acids is 1. The van der Waals surface area contributed by atoms with Crippen molar-refractivity contribution in [1.82, 2.24) is 15.5 Å². The normalized spacial score (nSPS) is 25.6. The van der Waals surface area contributed by atoms with Crippen LogP contribution in [0.2, 0.25) is 0 Å². The van der Waals surface area contributed by atoms with Gasteiger partial charge in [-0.1, -0.05) is 18.2 Å². The lowest BCUT2D eigenvalue weighted by atomic mass is 9.94. The van der Waals surface area contributed by atoms with E-state index in [9.17, 15) is 35.9 Å². The van der Waals surface area contributed by atoms with E-state index in [1.165, 1.54) is 11.0 Å². The molecule has 4 rings (SSSR count). The van der Waals surface area contributed by atoms with Gasteiger partial charge in [0.15, 0.2) is 12.1 Å². The molecule has 16 heteroatoms. The molecular formula is C26H32F6N4O6. The summed E-state index contributed by atoms with van der Waals surface area (Å²) in [5.74, 6) is -3.89. The van der Waals surface area contributed by atoms with Crippen LogP contribution in [-0.2, 0) is 19.1 Å². The van der Waals surface area contributed by atoms with Crippen LogP contribution in [0.25, 0.3) is 0 Å². The number of benzene rings is 1. The van der Waals surface area contributed by atoms with E-state index >= 15 is 0 Å². The Morgan fingerprint density at radius 2 is 1.83 bits per heavy atom. The largest absolute Gasteiger partial charge is 0.490 e. The molecule has 2 fully saturated rings. The molecular weight excluding hydrogens is 578 g/mol. The summed E-state index contributed by atoms with van der Waals surface area (Å²) >= 11 is 0. The molecule has 2 heterocycles. The van der Waals surface area contributed by atoms with Crippen LogP contribution in [0.1, 0.15) is 51.1 Å². The summed E-state index contributed by atoms with van der Waals surface area (Å²) in [6.45, 7) is 4.03. The first-order chi connectivity index (χ1) is 19.4. The van der Waals surface area contributed by atoms with Crippen molar-refractivity contribution in [3.8, 4) is 5.75 Å². The van der Waals surface area contributed by atoms with Gasteiger partial charge in [0.2, 0.25) is 11.8 Å². The Morgan fingerprint density at radius 3 is 2.38 bits per heavy atom. The first-order valence-corrected chi connectivity index (χ1v) is 13.0. The molecule has 5 atom stereocenters. The summed E-state index contributed by atoms with van der Waals surface area (Å²) in [6.07, 6.45) is -10.9. The minimum Gasteiger partial charge on any atom is -0.480 e. The summed E-state index contributed by atoms with van der Waals surface area (Å²) in [5.41, 5.74) is -0.0312. The summed E-state index contributed by atoms with van der Waals surface area (Å²) in [4.78, 5) is 36.3. The summed E-state index contributed by atoms with van der Waals surface area (Å²) in [6, 6.07) is 5.15. The lowest BCUT2D eigenvalue weighted by Gasteiger charge is -2.42. The number of carboxylic acid groups (broad SMARTS) is 1. The number of fused-ring (bicyclic) bond motifs is 1. The number of guanidine groups is 1. The molecule has 2 amide bonds. The molecule has 1 aromatic rings. The molecule has 1 aromatic carbocycles. The maximum atomic E-state index is 13.4. The van der Waals surface area contributed by atoms with Crippen LogP contribution in [0, 0.1) is 17.2 Å². The standard InChI is InChI=1S/C24H31F3N4O4.C2HF3O2/c1-23(2)12-20(32)31(22(28)30-23)17(8-9-34-3)14-10-15(14)21(33)29-16-11-19(24(25,26)27)35-18-7-5-4-6-13(16)18;3-2(4,5)1(6)7/h4-7,14-17,19H,8-12H2,1-3H3,(H2,28,30)(H,29,33);(H,6,7)/t14-,15-,16+,17?,19-;/m1./s1. The number of para-hydroxylation sites is 1. The van der Waals surface area contributed by atoms with Gasteiger partial charge in [-0.15, -0.1) is 0 Å². The van der Waals surface area contributed by atoms with Gasteiger partial charge in [0, 0.05) is 49.6 Å². The van der Waals surface area contributed by atoms with Crippen LogP contribution >= 0.6 is 0 Å². The summed E-state index contributed by atoms with van der Waals surface area (Å²) in [5, 5.41) is 21.4. The first-order valence-electron chi connectivity index (χ1n) is 13.0. The van der Waals surface area contributed by atoms with Crippen LogP contribution < -0.4 is 15.4 Å². The average molecular weight is 611 g/mol. The lowest BCUT2D eigenvalue weighted by molar-refractivity contribution is -0.201. The second-order valence-electron chi connectivity index (χ2n) is 10.9. The van der Waals surface area contributed by atoms with Crippen LogP contribution in [0.5, 0.6) is 5.75 Å². The van der Waals surface area contributed by atoms with Crippen molar-refractivity contribution in [2.75, 3.05) is 13.7 Å². The molecule has 0 aromatic heterocycles. The summed E-state index contributed by atoms with van der Waals surface area (Å²) in [7, 11) is 1.54. The predicted molar refractivity (Wildman–Crippen MR) is 134 cm³/mol. The number of hydrogen-bond acceptors (Lipinski definition) is 6. The molecule has 1 saturated carbocycles. The molecule has 1 saturated heterocycles. The highest BCUT2D eigenvalue weighted by molar-refractivity contribution is 5.99. The van der Waals surface area contributed by atoms with Crippen molar-refractivity contribution >= 4 is 23.7 Å². The third-order valence-electron chi connectivity index (χ3n) is 7.12. The maximum absolute atomic E-state index is 13.4. The first kappa shape index (κ1) is 32.9. The van der Waals surface area contributed by atoms with Crippen LogP contribution in [0.4, 0.5) is 26.3 Å². The monoisotopic (exact) mass is 610 g/mol. The number of nitrogens with one attached hydrogen (secondary N) is 3. The maximum Gasteiger partial charge on any atom is 0.490 e. The zero-order valence-corrected chi connectivity index (χ0v) is 22.9. The van der Waals surface area contributed by atoms with Crippen molar-refractivity contribution in [3.05, 3.63) is 29.8 Å². The SMILES string of the molecule is COCCC([C@@H]1C[C@H]1C(=O)N[C@H]1C[C@H](C(F)(F)F)Oc2ccccc21)N1C(=N)NC(C)(C)CC1=O.O=C(O)C(F)(F)F. The molecule has 0 bridgehead atoms. The van der Waals surface area contributed by atoms with Gasteiger partial charge in [0.25, 0.3) is 0 Å². The van der Waals surface area contributed by atoms with Crippen LogP contribution in [-0.4, -0.2) is 77.5 Å². The second-order valence-corrected chi connectivity index (χ2v) is 10.9. The van der Waals surface area contributed by atoms with E-state index in [1.54, 1.807) is 25.3 Å². The Kier molecular flexibility index (Phi) is 9.69.